The van der Waals surface area contributed by atoms with E-state index in [0.717, 1.165) is 13.1 Å². The van der Waals surface area contributed by atoms with E-state index < -0.39 is 0 Å². The molecular weight excluding hydrogens is 380 g/mol. The zero-order valence-corrected chi connectivity index (χ0v) is 17.3. The Hall–Kier alpha value is -3.42. The molecule has 1 aromatic heterocycles. The Morgan fingerprint density at radius 3 is 2.37 bits per heavy atom. The van der Waals surface area contributed by atoms with Crippen LogP contribution in [0.25, 0.3) is 0 Å². The highest BCUT2D eigenvalue weighted by Crippen LogP contribution is 2.19. The summed E-state index contributed by atoms with van der Waals surface area (Å²) in [4.78, 5) is 17.1. The lowest BCUT2D eigenvalue weighted by Crippen LogP contribution is -2.48. The SMILES string of the molecule is CC(C)n1nnnc1COc1ccc(C(=O)N2CCN(c3ccccc3)CC2)cc1. The van der Waals surface area contributed by atoms with E-state index in [9.17, 15) is 4.79 Å². The summed E-state index contributed by atoms with van der Waals surface area (Å²) in [6.07, 6.45) is 0. The molecule has 2 heterocycles. The number of aromatic nitrogens is 4. The number of hydrogen-bond donors (Lipinski definition) is 0. The Labute approximate surface area is 176 Å². The highest BCUT2D eigenvalue weighted by molar-refractivity contribution is 5.94. The summed E-state index contributed by atoms with van der Waals surface area (Å²) in [7, 11) is 0. The first kappa shape index (κ1) is 19.9. The minimum atomic E-state index is 0.0537. The Balaban J connectivity index is 1.32. The molecular formula is C22H26N6O2. The van der Waals surface area contributed by atoms with Gasteiger partial charge in [-0.3, -0.25) is 4.79 Å². The number of carbonyl (C=O) groups excluding carboxylic acids is 1. The van der Waals surface area contributed by atoms with Gasteiger partial charge < -0.3 is 14.5 Å². The van der Waals surface area contributed by atoms with Crippen molar-refractivity contribution in [2.75, 3.05) is 31.1 Å². The molecule has 0 aliphatic carbocycles. The molecule has 3 aromatic rings. The molecule has 0 atom stereocenters. The Bertz CT molecular complexity index is 963. The van der Waals surface area contributed by atoms with Crippen LogP contribution in [-0.4, -0.2) is 57.2 Å². The summed E-state index contributed by atoms with van der Waals surface area (Å²) in [5.74, 6) is 1.40. The van der Waals surface area contributed by atoms with Gasteiger partial charge in [0.05, 0.1) is 6.04 Å². The fourth-order valence-electron chi connectivity index (χ4n) is 3.54. The number of amides is 1. The lowest BCUT2D eigenvalue weighted by Gasteiger charge is -2.36. The van der Waals surface area contributed by atoms with Crippen molar-refractivity contribution < 1.29 is 9.53 Å². The number of rotatable bonds is 6. The normalized spacial score (nSPS) is 14.2. The molecule has 0 saturated carbocycles. The molecule has 30 heavy (non-hydrogen) atoms. The van der Waals surface area contributed by atoms with Gasteiger partial charge in [0.2, 0.25) is 0 Å². The largest absolute Gasteiger partial charge is 0.486 e. The van der Waals surface area contributed by atoms with E-state index >= 15 is 0 Å². The maximum Gasteiger partial charge on any atom is 0.253 e. The van der Waals surface area contributed by atoms with E-state index in [1.165, 1.54) is 5.69 Å². The molecule has 0 unspecified atom stereocenters. The summed E-state index contributed by atoms with van der Waals surface area (Å²) in [5, 5.41) is 11.7. The van der Waals surface area contributed by atoms with Crippen LogP contribution in [0.1, 0.15) is 36.1 Å². The molecule has 0 bridgehead atoms. The summed E-state index contributed by atoms with van der Waals surface area (Å²) in [5.41, 5.74) is 1.87. The molecule has 8 nitrogen and oxygen atoms in total. The van der Waals surface area contributed by atoms with Crippen molar-refractivity contribution >= 4 is 11.6 Å². The number of hydrogen-bond acceptors (Lipinski definition) is 6. The predicted octanol–water partition coefficient (Wildman–Crippen LogP) is 2.80. The standard InChI is InChI=1S/C22H26N6O2/c1-17(2)28-21(23-24-25-28)16-30-20-10-8-18(9-11-20)22(29)27-14-12-26(13-15-27)19-6-4-3-5-7-19/h3-11,17H,12-16H2,1-2H3. The van der Waals surface area contributed by atoms with Crippen molar-refractivity contribution in [2.45, 2.75) is 26.5 Å². The van der Waals surface area contributed by atoms with Gasteiger partial charge in [0, 0.05) is 37.4 Å². The number of anilines is 1. The Morgan fingerprint density at radius 1 is 1.00 bits per heavy atom. The average Bonchev–Trinajstić information content (AvgIpc) is 3.27. The summed E-state index contributed by atoms with van der Waals surface area (Å²) >= 11 is 0. The average molecular weight is 406 g/mol. The molecule has 0 spiro atoms. The topological polar surface area (TPSA) is 76.4 Å². The van der Waals surface area contributed by atoms with Crippen LogP contribution < -0.4 is 9.64 Å². The molecule has 0 radical (unpaired) electrons. The number of carbonyl (C=O) groups is 1. The maximum absolute atomic E-state index is 12.9. The highest BCUT2D eigenvalue weighted by Gasteiger charge is 2.22. The van der Waals surface area contributed by atoms with Crippen LogP contribution in [0.15, 0.2) is 54.6 Å². The Morgan fingerprint density at radius 2 is 1.70 bits per heavy atom. The van der Waals surface area contributed by atoms with Crippen molar-refractivity contribution in [2.24, 2.45) is 0 Å². The van der Waals surface area contributed by atoms with Gasteiger partial charge in [-0.1, -0.05) is 18.2 Å². The van der Waals surface area contributed by atoms with E-state index in [2.05, 4.69) is 32.6 Å². The van der Waals surface area contributed by atoms with Gasteiger partial charge in [-0.15, -0.1) is 5.10 Å². The van der Waals surface area contributed by atoms with Gasteiger partial charge >= 0.3 is 0 Å². The third-order valence-corrected chi connectivity index (χ3v) is 5.21. The minimum Gasteiger partial charge on any atom is -0.486 e. The van der Waals surface area contributed by atoms with Crippen LogP contribution in [-0.2, 0) is 6.61 Å². The molecule has 156 valence electrons. The van der Waals surface area contributed by atoms with E-state index in [-0.39, 0.29) is 18.6 Å². The van der Waals surface area contributed by atoms with Crippen LogP contribution >= 0.6 is 0 Å². The highest BCUT2D eigenvalue weighted by atomic mass is 16.5. The number of piperazine rings is 1. The van der Waals surface area contributed by atoms with Gasteiger partial charge in [0.25, 0.3) is 5.91 Å². The smallest absolute Gasteiger partial charge is 0.253 e. The number of ether oxygens (including phenoxy) is 1. The zero-order valence-electron chi connectivity index (χ0n) is 17.3. The van der Waals surface area contributed by atoms with Crippen LogP contribution in [0.4, 0.5) is 5.69 Å². The molecule has 2 aromatic carbocycles. The molecule has 0 N–H and O–H groups in total. The second kappa shape index (κ2) is 8.94. The quantitative estimate of drug-likeness (QED) is 0.627. The van der Waals surface area contributed by atoms with Gasteiger partial charge in [0.15, 0.2) is 5.82 Å². The fraction of sp³-hybridized carbons (Fsp3) is 0.364. The summed E-state index contributed by atoms with van der Waals surface area (Å²) in [6.45, 7) is 7.40. The Kier molecular flexibility index (Phi) is 5.92. The number of nitrogens with zero attached hydrogens (tertiary/aromatic N) is 6. The third-order valence-electron chi connectivity index (χ3n) is 5.21. The minimum absolute atomic E-state index is 0.0537. The number of tetrazole rings is 1. The number of para-hydroxylation sites is 1. The van der Waals surface area contributed by atoms with Gasteiger partial charge in [-0.25, -0.2) is 4.68 Å². The fourth-order valence-corrected chi connectivity index (χ4v) is 3.54. The third kappa shape index (κ3) is 4.42. The van der Waals surface area contributed by atoms with E-state index in [1.807, 2.05) is 61.2 Å². The molecule has 1 aliphatic heterocycles. The lowest BCUT2D eigenvalue weighted by atomic mass is 10.1. The molecule has 1 aliphatic rings. The van der Waals surface area contributed by atoms with Gasteiger partial charge in [0.1, 0.15) is 12.4 Å². The lowest BCUT2D eigenvalue weighted by molar-refractivity contribution is 0.0746. The number of benzene rings is 2. The molecule has 8 heteroatoms. The van der Waals surface area contributed by atoms with Crippen molar-refractivity contribution in [1.82, 2.24) is 25.1 Å². The van der Waals surface area contributed by atoms with E-state index in [1.54, 1.807) is 4.68 Å². The monoisotopic (exact) mass is 406 g/mol. The summed E-state index contributed by atoms with van der Waals surface area (Å²) < 4.78 is 7.52. The zero-order chi connectivity index (χ0) is 20.9. The van der Waals surface area contributed by atoms with Crippen LogP contribution in [0.2, 0.25) is 0 Å². The van der Waals surface area contributed by atoms with Gasteiger partial charge in [-0.05, 0) is 60.7 Å². The van der Waals surface area contributed by atoms with Crippen LogP contribution in [0.3, 0.4) is 0 Å². The molecule has 1 saturated heterocycles. The second-order valence-corrected chi connectivity index (χ2v) is 7.56. The van der Waals surface area contributed by atoms with Crippen molar-refractivity contribution in [3.8, 4) is 5.75 Å². The van der Waals surface area contributed by atoms with E-state index in [4.69, 9.17) is 4.74 Å². The van der Waals surface area contributed by atoms with Gasteiger partial charge in [-0.2, -0.15) is 0 Å². The van der Waals surface area contributed by atoms with Crippen LogP contribution in [0.5, 0.6) is 5.75 Å². The van der Waals surface area contributed by atoms with Crippen molar-refractivity contribution in [3.05, 3.63) is 66.0 Å². The maximum atomic E-state index is 12.9. The van der Waals surface area contributed by atoms with Crippen molar-refractivity contribution in [3.63, 3.8) is 0 Å². The van der Waals surface area contributed by atoms with Crippen LogP contribution in [0, 0.1) is 0 Å². The molecule has 4 rings (SSSR count). The van der Waals surface area contributed by atoms with E-state index in [0.29, 0.717) is 30.2 Å². The summed E-state index contributed by atoms with van der Waals surface area (Å²) in [6, 6.07) is 17.7. The first-order valence-corrected chi connectivity index (χ1v) is 10.2. The molecule has 1 amide bonds. The predicted molar refractivity (Wildman–Crippen MR) is 114 cm³/mol. The second-order valence-electron chi connectivity index (χ2n) is 7.56. The van der Waals surface area contributed by atoms with Crippen molar-refractivity contribution in [1.29, 1.82) is 0 Å². The molecule has 1 fully saturated rings. The first-order valence-electron chi connectivity index (χ1n) is 10.2. The first-order chi connectivity index (χ1) is 14.6.